The lowest BCUT2D eigenvalue weighted by Gasteiger charge is -2.36. The van der Waals surface area contributed by atoms with Crippen LogP contribution in [0.25, 0.3) is 22.2 Å². The second-order valence-electron chi connectivity index (χ2n) is 9.13. The summed E-state index contributed by atoms with van der Waals surface area (Å²) in [6.45, 7) is 3.67. The van der Waals surface area contributed by atoms with Gasteiger partial charge in [-0.2, -0.15) is 13.2 Å². The number of fused-ring (bicyclic) bond motifs is 1. The zero-order chi connectivity index (χ0) is 26.2. The van der Waals surface area contributed by atoms with Gasteiger partial charge >= 0.3 is 6.18 Å². The number of hydrogen-bond donors (Lipinski definition) is 0. The number of aryl methyl sites for hydroxylation is 1. The van der Waals surface area contributed by atoms with Gasteiger partial charge in [-0.25, -0.2) is 4.98 Å². The normalized spacial score (nSPS) is 14.2. The molecular weight excluding hydrogens is 479 g/mol. The second-order valence-corrected chi connectivity index (χ2v) is 9.13. The van der Waals surface area contributed by atoms with Crippen LogP contribution in [0.15, 0.2) is 72.8 Å². The number of alkyl halides is 3. The van der Waals surface area contributed by atoms with Crippen molar-refractivity contribution in [3.63, 3.8) is 0 Å². The SMILES string of the molecule is COc1ccc(-c2cc(C(=O)N3CCN(c4cccc(C(F)(F)F)c4)CC3)c3cc(C)ccc3n2)cc1. The summed E-state index contributed by atoms with van der Waals surface area (Å²) in [6, 6.07) is 20.5. The van der Waals surface area contributed by atoms with Crippen LogP contribution in [0.5, 0.6) is 5.75 Å². The Bertz CT molecular complexity index is 1440. The first-order valence-corrected chi connectivity index (χ1v) is 12.0. The molecule has 1 aromatic heterocycles. The van der Waals surface area contributed by atoms with Gasteiger partial charge in [0.05, 0.1) is 29.4 Å². The van der Waals surface area contributed by atoms with Crippen molar-refractivity contribution in [2.45, 2.75) is 13.1 Å². The number of methoxy groups -OCH3 is 1. The van der Waals surface area contributed by atoms with Crippen LogP contribution < -0.4 is 9.64 Å². The summed E-state index contributed by atoms with van der Waals surface area (Å²) >= 11 is 0. The van der Waals surface area contributed by atoms with E-state index in [1.54, 1.807) is 18.1 Å². The largest absolute Gasteiger partial charge is 0.497 e. The second kappa shape index (κ2) is 9.76. The molecule has 1 saturated heterocycles. The molecule has 2 heterocycles. The molecule has 3 aromatic carbocycles. The number of ether oxygens (including phenoxy) is 1. The Balaban J connectivity index is 1.42. The molecular formula is C29H26F3N3O2. The van der Waals surface area contributed by atoms with Crippen LogP contribution in [0.2, 0.25) is 0 Å². The van der Waals surface area contributed by atoms with Crippen LogP contribution in [-0.4, -0.2) is 49.1 Å². The maximum absolute atomic E-state index is 13.7. The molecule has 4 aromatic rings. The monoisotopic (exact) mass is 505 g/mol. The van der Waals surface area contributed by atoms with Gasteiger partial charge in [-0.1, -0.05) is 17.7 Å². The number of hydrogen-bond acceptors (Lipinski definition) is 4. The van der Waals surface area contributed by atoms with Gasteiger partial charge in [0.15, 0.2) is 0 Å². The number of carbonyl (C=O) groups excluding carboxylic acids is 1. The summed E-state index contributed by atoms with van der Waals surface area (Å²) in [4.78, 5) is 22.2. The quantitative estimate of drug-likeness (QED) is 0.331. The van der Waals surface area contributed by atoms with Gasteiger partial charge in [0, 0.05) is 42.8 Å². The average molecular weight is 506 g/mol. The van der Waals surface area contributed by atoms with Gasteiger partial charge < -0.3 is 14.5 Å². The molecule has 0 saturated carbocycles. The smallest absolute Gasteiger partial charge is 0.416 e. The van der Waals surface area contributed by atoms with Gasteiger partial charge in [-0.15, -0.1) is 0 Å². The predicted octanol–water partition coefficient (Wildman–Crippen LogP) is 6.20. The molecule has 0 spiro atoms. The molecule has 1 aliphatic rings. The van der Waals surface area contributed by atoms with Gasteiger partial charge in [0.2, 0.25) is 0 Å². The van der Waals surface area contributed by atoms with Crippen LogP contribution in [0.3, 0.4) is 0 Å². The molecule has 37 heavy (non-hydrogen) atoms. The zero-order valence-corrected chi connectivity index (χ0v) is 20.5. The third-order valence-electron chi connectivity index (χ3n) is 6.69. The van der Waals surface area contributed by atoms with E-state index in [-0.39, 0.29) is 5.91 Å². The van der Waals surface area contributed by atoms with E-state index < -0.39 is 11.7 Å². The number of carbonyl (C=O) groups is 1. The fraction of sp³-hybridized carbons (Fsp3) is 0.241. The summed E-state index contributed by atoms with van der Waals surface area (Å²) in [5.74, 6) is 0.617. The van der Waals surface area contributed by atoms with E-state index in [4.69, 9.17) is 9.72 Å². The molecule has 8 heteroatoms. The Morgan fingerprint density at radius 1 is 0.919 bits per heavy atom. The molecule has 1 amide bonds. The minimum atomic E-state index is -4.39. The summed E-state index contributed by atoms with van der Waals surface area (Å²) in [5, 5.41) is 0.780. The minimum Gasteiger partial charge on any atom is -0.497 e. The van der Waals surface area contributed by atoms with Crippen LogP contribution >= 0.6 is 0 Å². The first kappa shape index (κ1) is 24.6. The van der Waals surface area contributed by atoms with Crippen LogP contribution in [-0.2, 0) is 6.18 Å². The Hall–Kier alpha value is -4.07. The van der Waals surface area contributed by atoms with Crippen molar-refractivity contribution in [1.82, 2.24) is 9.88 Å². The van der Waals surface area contributed by atoms with E-state index in [0.717, 1.165) is 39.9 Å². The highest BCUT2D eigenvalue weighted by atomic mass is 19.4. The molecule has 190 valence electrons. The molecule has 0 aliphatic carbocycles. The van der Waals surface area contributed by atoms with E-state index in [2.05, 4.69) is 0 Å². The molecule has 5 nitrogen and oxygen atoms in total. The Morgan fingerprint density at radius 3 is 2.32 bits per heavy atom. The third-order valence-corrected chi connectivity index (χ3v) is 6.69. The number of benzene rings is 3. The van der Waals surface area contributed by atoms with Crippen LogP contribution in [0.4, 0.5) is 18.9 Å². The number of aromatic nitrogens is 1. The zero-order valence-electron chi connectivity index (χ0n) is 20.5. The highest BCUT2D eigenvalue weighted by Gasteiger charge is 2.31. The van der Waals surface area contributed by atoms with E-state index in [9.17, 15) is 18.0 Å². The van der Waals surface area contributed by atoms with Gasteiger partial charge in [0.1, 0.15) is 5.75 Å². The fourth-order valence-electron chi connectivity index (χ4n) is 4.64. The maximum atomic E-state index is 13.7. The van der Waals surface area contributed by atoms with Crippen molar-refractivity contribution < 1.29 is 22.7 Å². The molecule has 0 radical (unpaired) electrons. The summed E-state index contributed by atoms with van der Waals surface area (Å²) in [6.07, 6.45) is -4.39. The highest BCUT2D eigenvalue weighted by molar-refractivity contribution is 6.07. The van der Waals surface area contributed by atoms with Gasteiger partial charge in [0.25, 0.3) is 5.91 Å². The number of rotatable bonds is 4. The van der Waals surface area contributed by atoms with E-state index in [1.165, 1.54) is 6.07 Å². The van der Waals surface area contributed by atoms with Crippen molar-refractivity contribution in [2.24, 2.45) is 0 Å². The lowest BCUT2D eigenvalue weighted by molar-refractivity contribution is -0.137. The minimum absolute atomic E-state index is 0.114. The van der Waals surface area contributed by atoms with Crippen molar-refractivity contribution in [3.05, 3.63) is 89.5 Å². The Morgan fingerprint density at radius 2 is 1.65 bits per heavy atom. The van der Waals surface area contributed by atoms with Crippen molar-refractivity contribution in [3.8, 4) is 17.0 Å². The highest BCUT2D eigenvalue weighted by Crippen LogP contribution is 2.32. The van der Waals surface area contributed by atoms with E-state index >= 15 is 0 Å². The third kappa shape index (κ3) is 5.09. The van der Waals surface area contributed by atoms with Crippen LogP contribution in [0, 0.1) is 6.92 Å². The first-order valence-electron chi connectivity index (χ1n) is 12.0. The standard InChI is InChI=1S/C29H26F3N3O2/c1-19-6-11-26-24(16-19)25(18-27(33-26)20-7-9-23(37-2)10-8-20)28(36)35-14-12-34(13-15-35)22-5-3-4-21(17-22)29(30,31)32/h3-11,16-18H,12-15H2,1-2H3. The Labute approximate surface area is 213 Å². The molecule has 0 unspecified atom stereocenters. The predicted molar refractivity (Wildman–Crippen MR) is 138 cm³/mol. The molecule has 0 N–H and O–H groups in total. The number of pyridine rings is 1. The molecule has 0 atom stereocenters. The van der Waals surface area contributed by atoms with Crippen molar-refractivity contribution in [1.29, 1.82) is 0 Å². The number of piperazine rings is 1. The maximum Gasteiger partial charge on any atom is 0.416 e. The first-order chi connectivity index (χ1) is 17.7. The van der Waals surface area contributed by atoms with E-state index in [0.29, 0.717) is 43.1 Å². The van der Waals surface area contributed by atoms with E-state index in [1.807, 2.05) is 60.4 Å². The van der Waals surface area contributed by atoms with Crippen molar-refractivity contribution >= 4 is 22.5 Å². The molecule has 0 bridgehead atoms. The number of halogens is 3. The summed E-state index contributed by atoms with van der Waals surface area (Å²) < 4.78 is 44.7. The van der Waals surface area contributed by atoms with Gasteiger partial charge in [-0.05, 0) is 67.6 Å². The lowest BCUT2D eigenvalue weighted by atomic mass is 10.0. The Kier molecular flexibility index (Phi) is 6.50. The van der Waals surface area contributed by atoms with Crippen molar-refractivity contribution in [2.75, 3.05) is 38.2 Å². The number of anilines is 1. The van der Waals surface area contributed by atoms with Gasteiger partial charge in [-0.3, -0.25) is 4.79 Å². The molecule has 1 fully saturated rings. The lowest BCUT2D eigenvalue weighted by Crippen LogP contribution is -2.48. The molecule has 1 aliphatic heterocycles. The number of amides is 1. The summed E-state index contributed by atoms with van der Waals surface area (Å²) in [5.41, 5.74) is 3.70. The van der Waals surface area contributed by atoms with Crippen LogP contribution in [0.1, 0.15) is 21.5 Å². The average Bonchev–Trinajstić information content (AvgIpc) is 2.92. The fourth-order valence-corrected chi connectivity index (χ4v) is 4.64. The molecule has 5 rings (SSSR count). The summed E-state index contributed by atoms with van der Waals surface area (Å²) in [7, 11) is 1.61. The topological polar surface area (TPSA) is 45.7 Å². The number of nitrogens with zero attached hydrogens (tertiary/aromatic N) is 3.